The number of ether oxygens (including phenoxy) is 3. The third-order valence-corrected chi connectivity index (χ3v) is 4.48. The maximum absolute atomic E-state index is 12.3. The number of nitrogens with zero attached hydrogens (tertiary/aromatic N) is 3. The topological polar surface area (TPSA) is 155 Å². The molecule has 0 radical (unpaired) electrons. The molecule has 12 nitrogen and oxygen atoms in total. The van der Waals surface area contributed by atoms with E-state index in [9.17, 15) is 25.0 Å². The van der Waals surface area contributed by atoms with Crippen molar-refractivity contribution in [1.82, 2.24) is 5.43 Å². The van der Waals surface area contributed by atoms with Gasteiger partial charge < -0.3 is 14.2 Å². The molecule has 3 aromatic rings. The summed E-state index contributed by atoms with van der Waals surface area (Å²) < 4.78 is 15.8. The first-order valence-electron chi connectivity index (χ1n) is 9.58. The SMILES string of the molecule is COc1ccc(C(=O)N/N=C/c2ccc(Oc3ccc([N+](=O)[O-])cc3[N+](=O)[O-])cc2)cc1OC. The summed E-state index contributed by atoms with van der Waals surface area (Å²) in [4.78, 5) is 32.8. The molecule has 0 atom stereocenters. The minimum Gasteiger partial charge on any atom is -0.493 e. The fraction of sp³-hybridized carbons (Fsp3) is 0.0909. The normalized spacial score (nSPS) is 10.5. The predicted molar refractivity (Wildman–Crippen MR) is 121 cm³/mol. The van der Waals surface area contributed by atoms with Gasteiger partial charge in [0.1, 0.15) is 5.75 Å². The van der Waals surface area contributed by atoms with Gasteiger partial charge in [0.15, 0.2) is 11.5 Å². The van der Waals surface area contributed by atoms with Gasteiger partial charge in [0, 0.05) is 11.6 Å². The van der Waals surface area contributed by atoms with Gasteiger partial charge in [-0.05, 0) is 54.1 Å². The lowest BCUT2D eigenvalue weighted by molar-refractivity contribution is -0.394. The molecular formula is C22H18N4O8. The summed E-state index contributed by atoms with van der Waals surface area (Å²) >= 11 is 0. The van der Waals surface area contributed by atoms with E-state index in [2.05, 4.69) is 10.5 Å². The summed E-state index contributed by atoms with van der Waals surface area (Å²) in [6, 6.07) is 14.1. The molecule has 0 aromatic heterocycles. The Hall–Kier alpha value is -5.00. The number of nitro benzene ring substituents is 2. The van der Waals surface area contributed by atoms with Gasteiger partial charge in [-0.1, -0.05) is 0 Å². The van der Waals surface area contributed by atoms with Gasteiger partial charge in [-0.2, -0.15) is 5.10 Å². The number of carbonyl (C=O) groups excluding carboxylic acids is 1. The van der Waals surface area contributed by atoms with Gasteiger partial charge >= 0.3 is 5.69 Å². The Morgan fingerprint density at radius 2 is 1.56 bits per heavy atom. The predicted octanol–water partition coefficient (Wildman–Crippen LogP) is 4.08. The van der Waals surface area contributed by atoms with Crippen LogP contribution in [-0.2, 0) is 0 Å². The first-order valence-corrected chi connectivity index (χ1v) is 9.58. The fourth-order valence-corrected chi connectivity index (χ4v) is 2.80. The van der Waals surface area contributed by atoms with Gasteiger partial charge in [0.05, 0.1) is 36.3 Å². The summed E-state index contributed by atoms with van der Waals surface area (Å²) in [7, 11) is 2.95. The molecule has 0 aliphatic heterocycles. The maximum Gasteiger partial charge on any atom is 0.318 e. The molecule has 0 spiro atoms. The van der Waals surface area contributed by atoms with Crippen molar-refractivity contribution >= 4 is 23.5 Å². The quantitative estimate of drug-likeness (QED) is 0.281. The van der Waals surface area contributed by atoms with Crippen LogP contribution in [0.2, 0.25) is 0 Å². The fourth-order valence-electron chi connectivity index (χ4n) is 2.80. The van der Waals surface area contributed by atoms with Crippen LogP contribution in [0.1, 0.15) is 15.9 Å². The number of hydrogen-bond acceptors (Lipinski definition) is 9. The average molecular weight is 466 g/mol. The van der Waals surface area contributed by atoms with E-state index in [1.54, 1.807) is 24.3 Å². The largest absolute Gasteiger partial charge is 0.493 e. The first-order chi connectivity index (χ1) is 16.3. The van der Waals surface area contributed by atoms with E-state index in [1.807, 2.05) is 0 Å². The van der Waals surface area contributed by atoms with E-state index >= 15 is 0 Å². The highest BCUT2D eigenvalue weighted by molar-refractivity contribution is 5.95. The molecule has 3 aromatic carbocycles. The molecule has 34 heavy (non-hydrogen) atoms. The summed E-state index contributed by atoms with van der Waals surface area (Å²) in [6.07, 6.45) is 1.40. The number of benzene rings is 3. The number of hydrazone groups is 1. The van der Waals surface area contributed by atoms with Crippen LogP contribution in [0.15, 0.2) is 65.8 Å². The van der Waals surface area contributed by atoms with Gasteiger partial charge in [-0.3, -0.25) is 25.0 Å². The summed E-state index contributed by atoms with van der Waals surface area (Å²) in [5.74, 6) is 0.567. The minimum absolute atomic E-state index is 0.140. The Balaban J connectivity index is 1.66. The van der Waals surface area contributed by atoms with E-state index in [1.165, 1.54) is 38.6 Å². The highest BCUT2D eigenvalue weighted by atomic mass is 16.6. The van der Waals surface area contributed by atoms with Crippen molar-refractivity contribution in [2.75, 3.05) is 14.2 Å². The molecular weight excluding hydrogens is 448 g/mol. The number of non-ortho nitro benzene ring substituents is 1. The molecule has 0 saturated heterocycles. The Labute approximate surface area is 192 Å². The molecule has 1 N–H and O–H groups in total. The molecule has 12 heteroatoms. The number of rotatable bonds is 9. The van der Waals surface area contributed by atoms with Crippen molar-refractivity contribution in [2.24, 2.45) is 5.10 Å². The third kappa shape index (κ3) is 5.62. The molecule has 174 valence electrons. The summed E-state index contributed by atoms with van der Waals surface area (Å²) in [5.41, 5.74) is 2.38. The molecule has 0 aliphatic rings. The summed E-state index contributed by atoms with van der Waals surface area (Å²) in [6.45, 7) is 0. The number of nitro groups is 2. The standard InChI is InChI=1S/C22H18N4O8/c1-32-20-9-5-15(11-21(20)33-2)22(27)24-23-13-14-3-7-17(8-4-14)34-19-10-6-16(25(28)29)12-18(19)26(30)31/h3-13H,1-2H3,(H,24,27)/b23-13+. The van der Waals surface area contributed by atoms with Gasteiger partial charge in [0.25, 0.3) is 11.6 Å². The lowest BCUT2D eigenvalue weighted by Gasteiger charge is -2.08. The van der Waals surface area contributed by atoms with Crippen LogP contribution in [0.25, 0.3) is 0 Å². The number of amides is 1. The second kappa shape index (κ2) is 10.5. The second-order valence-electron chi connectivity index (χ2n) is 6.61. The van der Waals surface area contributed by atoms with Crippen LogP contribution < -0.4 is 19.6 Å². The molecule has 1 amide bonds. The average Bonchev–Trinajstić information content (AvgIpc) is 2.84. The molecule has 0 bridgehead atoms. The Bertz CT molecular complexity index is 1260. The lowest BCUT2D eigenvalue weighted by atomic mass is 10.2. The van der Waals surface area contributed by atoms with Crippen LogP contribution >= 0.6 is 0 Å². The molecule has 0 fully saturated rings. The van der Waals surface area contributed by atoms with Crippen LogP contribution in [-0.4, -0.2) is 36.2 Å². The maximum atomic E-state index is 12.3. The lowest BCUT2D eigenvalue weighted by Crippen LogP contribution is -2.17. The van der Waals surface area contributed by atoms with E-state index in [0.29, 0.717) is 22.6 Å². The number of nitrogens with one attached hydrogen (secondary N) is 1. The molecule has 0 unspecified atom stereocenters. The van der Waals surface area contributed by atoms with Crippen molar-refractivity contribution in [2.45, 2.75) is 0 Å². The highest BCUT2D eigenvalue weighted by Gasteiger charge is 2.21. The van der Waals surface area contributed by atoms with Gasteiger partial charge in [-0.15, -0.1) is 0 Å². The minimum atomic E-state index is -0.759. The Morgan fingerprint density at radius 3 is 2.18 bits per heavy atom. The zero-order valence-corrected chi connectivity index (χ0v) is 18.0. The van der Waals surface area contributed by atoms with Crippen LogP contribution in [0.5, 0.6) is 23.0 Å². The van der Waals surface area contributed by atoms with Crippen molar-refractivity contribution in [3.8, 4) is 23.0 Å². The van der Waals surface area contributed by atoms with Crippen molar-refractivity contribution < 1.29 is 28.9 Å². The van der Waals surface area contributed by atoms with Crippen LogP contribution in [0.4, 0.5) is 11.4 Å². The van der Waals surface area contributed by atoms with E-state index in [-0.39, 0.29) is 11.5 Å². The van der Waals surface area contributed by atoms with E-state index in [0.717, 1.165) is 18.2 Å². The van der Waals surface area contributed by atoms with Gasteiger partial charge in [0.2, 0.25) is 5.75 Å². The number of carbonyl (C=O) groups is 1. The zero-order valence-electron chi connectivity index (χ0n) is 18.0. The van der Waals surface area contributed by atoms with E-state index < -0.39 is 27.1 Å². The van der Waals surface area contributed by atoms with Crippen LogP contribution in [0, 0.1) is 20.2 Å². The number of hydrogen-bond donors (Lipinski definition) is 1. The first kappa shape index (κ1) is 23.7. The number of methoxy groups -OCH3 is 2. The molecule has 0 heterocycles. The highest BCUT2D eigenvalue weighted by Crippen LogP contribution is 2.34. The molecule has 0 aliphatic carbocycles. The van der Waals surface area contributed by atoms with Crippen LogP contribution in [0.3, 0.4) is 0 Å². The van der Waals surface area contributed by atoms with Crippen molar-refractivity contribution in [3.63, 3.8) is 0 Å². The van der Waals surface area contributed by atoms with Gasteiger partial charge in [-0.25, -0.2) is 5.43 Å². The van der Waals surface area contributed by atoms with Crippen molar-refractivity contribution in [1.29, 1.82) is 0 Å². The molecule has 3 rings (SSSR count). The summed E-state index contributed by atoms with van der Waals surface area (Å²) in [5, 5.41) is 26.0. The Morgan fingerprint density at radius 1 is 0.882 bits per heavy atom. The monoisotopic (exact) mass is 466 g/mol. The molecule has 0 saturated carbocycles. The third-order valence-electron chi connectivity index (χ3n) is 4.48. The smallest absolute Gasteiger partial charge is 0.318 e. The Kier molecular flexibility index (Phi) is 7.34. The van der Waals surface area contributed by atoms with E-state index in [4.69, 9.17) is 14.2 Å². The zero-order chi connectivity index (χ0) is 24.7. The second-order valence-corrected chi connectivity index (χ2v) is 6.61. The van der Waals surface area contributed by atoms with Crippen molar-refractivity contribution in [3.05, 3.63) is 92.0 Å².